The van der Waals surface area contributed by atoms with E-state index in [0.29, 0.717) is 11.3 Å². The molecule has 1 heterocycles. The molecule has 124 valence electrons. The van der Waals surface area contributed by atoms with E-state index in [2.05, 4.69) is 32.0 Å². The zero-order chi connectivity index (χ0) is 17.6. The molecule has 0 bridgehead atoms. The molecule has 0 radical (unpaired) electrons. The lowest BCUT2D eigenvalue weighted by Gasteiger charge is -2.17. The number of phenolic OH excluding ortho intramolecular Hbond substituents is 1. The van der Waals surface area contributed by atoms with Crippen molar-refractivity contribution in [1.82, 2.24) is 0 Å². The van der Waals surface area contributed by atoms with Crippen molar-refractivity contribution in [2.24, 2.45) is 0 Å². The van der Waals surface area contributed by atoms with E-state index in [1.54, 1.807) is 18.2 Å². The zero-order valence-corrected chi connectivity index (χ0v) is 14.2. The highest BCUT2D eigenvalue weighted by Gasteiger charge is 2.18. The van der Waals surface area contributed by atoms with Crippen LogP contribution in [0.2, 0.25) is 0 Å². The van der Waals surface area contributed by atoms with Gasteiger partial charge in [0.1, 0.15) is 17.1 Å². The van der Waals surface area contributed by atoms with Crippen LogP contribution in [-0.2, 0) is 6.42 Å². The molecule has 1 aliphatic carbocycles. The molecule has 0 saturated heterocycles. The third-order valence-corrected chi connectivity index (χ3v) is 4.65. The molecule has 1 N–H and O–H groups in total. The smallest absolute Gasteiger partial charge is 0.182 e. The Balaban J connectivity index is 2.15. The minimum Gasteiger partial charge on any atom is -0.508 e. The Labute approximate surface area is 145 Å². The predicted octanol–water partition coefficient (Wildman–Crippen LogP) is 5.14. The number of hydrogen-bond donors (Lipinski definition) is 1. The molecule has 1 aliphatic heterocycles. The van der Waals surface area contributed by atoms with Gasteiger partial charge in [0, 0.05) is 28.6 Å². The van der Waals surface area contributed by atoms with Crippen molar-refractivity contribution in [3.05, 3.63) is 75.9 Å². The first-order valence-corrected chi connectivity index (χ1v) is 8.36. The van der Waals surface area contributed by atoms with E-state index < -0.39 is 0 Å². The summed E-state index contributed by atoms with van der Waals surface area (Å²) in [4.78, 5) is 11.8. The highest BCUT2D eigenvalue weighted by atomic mass is 16.3. The first-order chi connectivity index (χ1) is 12.1. The van der Waals surface area contributed by atoms with Crippen molar-refractivity contribution in [3.8, 4) is 28.2 Å². The third-order valence-electron chi connectivity index (χ3n) is 4.65. The van der Waals surface area contributed by atoms with Gasteiger partial charge in [-0.3, -0.25) is 4.79 Å². The second-order valence-electron chi connectivity index (χ2n) is 6.32. The van der Waals surface area contributed by atoms with Gasteiger partial charge in [0.25, 0.3) is 0 Å². The lowest BCUT2D eigenvalue weighted by atomic mass is 9.90. The van der Waals surface area contributed by atoms with Gasteiger partial charge in [-0.25, -0.2) is 0 Å². The normalized spacial score (nSPS) is 11.3. The van der Waals surface area contributed by atoms with Crippen molar-refractivity contribution in [3.63, 3.8) is 0 Å². The summed E-state index contributed by atoms with van der Waals surface area (Å²) in [6.07, 6.45) is 0.986. The van der Waals surface area contributed by atoms with Crippen molar-refractivity contribution in [2.75, 3.05) is 0 Å². The van der Waals surface area contributed by atoms with Gasteiger partial charge in [0.15, 0.2) is 5.43 Å². The SMILES string of the molecule is CCc1ccc(-c2c3ccc(=O)cc-3oc3cc(O)ccc23)c(C)c1. The van der Waals surface area contributed by atoms with E-state index in [1.807, 2.05) is 12.1 Å². The maximum atomic E-state index is 11.8. The second-order valence-corrected chi connectivity index (χ2v) is 6.32. The van der Waals surface area contributed by atoms with E-state index in [0.717, 1.165) is 28.5 Å². The van der Waals surface area contributed by atoms with Crippen LogP contribution < -0.4 is 5.43 Å². The molecule has 25 heavy (non-hydrogen) atoms. The van der Waals surface area contributed by atoms with Gasteiger partial charge >= 0.3 is 0 Å². The van der Waals surface area contributed by atoms with Crippen molar-refractivity contribution >= 4 is 11.0 Å². The first kappa shape index (κ1) is 15.5. The van der Waals surface area contributed by atoms with Gasteiger partial charge in [-0.1, -0.05) is 25.1 Å². The van der Waals surface area contributed by atoms with Crippen LogP contribution in [0.25, 0.3) is 33.4 Å². The summed E-state index contributed by atoms with van der Waals surface area (Å²) in [5.41, 5.74) is 5.95. The Hall–Kier alpha value is -3.07. The van der Waals surface area contributed by atoms with Gasteiger partial charge < -0.3 is 9.52 Å². The average molecular weight is 330 g/mol. The quantitative estimate of drug-likeness (QED) is 0.518. The standard InChI is InChI=1S/C22H18O3/c1-3-14-4-7-17(13(2)10-14)22-18-8-5-15(23)11-20(18)25-21-12-16(24)6-9-19(21)22/h4-12,23H,3H2,1-2H3. The van der Waals surface area contributed by atoms with Crippen LogP contribution in [0.4, 0.5) is 0 Å². The molecule has 0 spiro atoms. The maximum absolute atomic E-state index is 11.8. The Morgan fingerprint density at radius 2 is 1.76 bits per heavy atom. The summed E-state index contributed by atoms with van der Waals surface area (Å²) in [6, 6.07) is 16.4. The minimum atomic E-state index is -0.0974. The number of aromatic hydroxyl groups is 1. The molecule has 0 saturated carbocycles. The van der Waals surface area contributed by atoms with Crippen molar-refractivity contribution < 1.29 is 9.52 Å². The van der Waals surface area contributed by atoms with E-state index in [1.165, 1.54) is 17.2 Å². The molecule has 2 aromatic rings. The van der Waals surface area contributed by atoms with Gasteiger partial charge in [-0.2, -0.15) is 0 Å². The van der Waals surface area contributed by atoms with Gasteiger partial charge in [0.2, 0.25) is 0 Å². The van der Waals surface area contributed by atoms with Crippen LogP contribution >= 0.6 is 0 Å². The fourth-order valence-corrected chi connectivity index (χ4v) is 3.38. The molecule has 4 rings (SSSR count). The summed E-state index contributed by atoms with van der Waals surface area (Å²) in [5.74, 6) is 0.664. The van der Waals surface area contributed by atoms with Crippen LogP contribution in [0.5, 0.6) is 5.75 Å². The summed E-state index contributed by atoms with van der Waals surface area (Å²) >= 11 is 0. The number of rotatable bonds is 2. The molecule has 3 nitrogen and oxygen atoms in total. The molecular formula is C22H18O3. The number of phenols is 1. The van der Waals surface area contributed by atoms with E-state index in [9.17, 15) is 9.90 Å². The molecule has 0 unspecified atom stereocenters. The zero-order valence-electron chi connectivity index (χ0n) is 14.2. The second kappa shape index (κ2) is 5.78. The van der Waals surface area contributed by atoms with E-state index >= 15 is 0 Å². The third kappa shape index (κ3) is 2.58. The molecule has 2 aliphatic rings. The summed E-state index contributed by atoms with van der Waals surface area (Å²) in [7, 11) is 0. The molecule has 0 amide bonds. The Morgan fingerprint density at radius 3 is 2.52 bits per heavy atom. The summed E-state index contributed by atoms with van der Waals surface area (Å²) in [6.45, 7) is 4.23. The largest absolute Gasteiger partial charge is 0.508 e. The molecule has 0 aromatic heterocycles. The topological polar surface area (TPSA) is 50.4 Å². The number of aryl methyl sites for hydroxylation is 2. The molecule has 3 heteroatoms. The summed E-state index contributed by atoms with van der Waals surface area (Å²) in [5, 5.41) is 10.7. The van der Waals surface area contributed by atoms with E-state index in [4.69, 9.17) is 4.42 Å². The Morgan fingerprint density at radius 1 is 0.960 bits per heavy atom. The van der Waals surface area contributed by atoms with Gasteiger partial charge in [-0.15, -0.1) is 0 Å². The molecule has 2 aromatic carbocycles. The molecular weight excluding hydrogens is 312 g/mol. The Kier molecular flexibility index (Phi) is 3.57. The molecule has 0 fully saturated rings. The van der Waals surface area contributed by atoms with Crippen LogP contribution in [0.3, 0.4) is 0 Å². The molecule has 0 atom stereocenters. The number of hydrogen-bond acceptors (Lipinski definition) is 3. The lowest BCUT2D eigenvalue weighted by molar-refractivity contribution is 0.474. The van der Waals surface area contributed by atoms with Crippen molar-refractivity contribution in [2.45, 2.75) is 20.3 Å². The minimum absolute atomic E-state index is 0.0974. The van der Waals surface area contributed by atoms with E-state index in [-0.39, 0.29) is 11.2 Å². The number of benzene rings is 3. The highest BCUT2D eigenvalue weighted by molar-refractivity contribution is 6.02. The van der Waals surface area contributed by atoms with Crippen molar-refractivity contribution in [1.29, 1.82) is 0 Å². The maximum Gasteiger partial charge on any atom is 0.182 e. The highest BCUT2D eigenvalue weighted by Crippen LogP contribution is 2.41. The van der Waals surface area contributed by atoms with Crippen LogP contribution in [0.1, 0.15) is 18.1 Å². The lowest BCUT2D eigenvalue weighted by Crippen LogP contribution is -2.00. The average Bonchev–Trinajstić information content (AvgIpc) is 2.59. The Bertz CT molecular complexity index is 1120. The van der Waals surface area contributed by atoms with Gasteiger partial charge in [0.05, 0.1) is 0 Å². The van der Waals surface area contributed by atoms with Crippen LogP contribution in [-0.4, -0.2) is 5.11 Å². The van der Waals surface area contributed by atoms with Crippen LogP contribution in [0.15, 0.2) is 63.8 Å². The monoisotopic (exact) mass is 330 g/mol. The van der Waals surface area contributed by atoms with Crippen LogP contribution in [0, 0.1) is 6.92 Å². The predicted molar refractivity (Wildman–Crippen MR) is 100 cm³/mol. The first-order valence-electron chi connectivity index (χ1n) is 8.36. The van der Waals surface area contributed by atoms with Gasteiger partial charge in [-0.05, 0) is 54.3 Å². The number of fused-ring (bicyclic) bond motifs is 2. The fraction of sp³-hybridized carbons (Fsp3) is 0.136. The summed E-state index contributed by atoms with van der Waals surface area (Å²) < 4.78 is 5.89. The fourth-order valence-electron chi connectivity index (χ4n) is 3.38.